The fraction of sp³-hybridized carbons (Fsp3) is 0.273. The Morgan fingerprint density at radius 3 is 3.07 bits per heavy atom. The summed E-state index contributed by atoms with van der Waals surface area (Å²) in [6.07, 6.45) is 1.75. The third-order valence-electron chi connectivity index (χ3n) is 1.74. The zero-order valence-electron chi connectivity index (χ0n) is 8.30. The van der Waals surface area contributed by atoms with E-state index in [-0.39, 0.29) is 10.8 Å². The maximum Gasteiger partial charge on any atom is 0.183 e. The van der Waals surface area contributed by atoms with E-state index in [0.717, 1.165) is 0 Å². The zero-order chi connectivity index (χ0) is 11.1. The molecule has 4 heteroatoms. The zero-order valence-corrected chi connectivity index (χ0v) is 9.06. The van der Waals surface area contributed by atoms with E-state index >= 15 is 0 Å². The molecule has 0 aromatic heterocycles. The summed E-state index contributed by atoms with van der Waals surface area (Å²) >= 11 is 5.59. The molecule has 0 heterocycles. The van der Waals surface area contributed by atoms with Crippen LogP contribution >= 0.6 is 11.6 Å². The SMILES string of the molecule is C=CCNCCOc1cccc(Cl)c1F. The number of nitrogens with one attached hydrogen (secondary N) is 1. The Labute approximate surface area is 93.7 Å². The van der Waals surface area contributed by atoms with Crippen molar-refractivity contribution in [2.24, 2.45) is 0 Å². The first-order chi connectivity index (χ1) is 7.25. The van der Waals surface area contributed by atoms with Crippen molar-refractivity contribution in [2.45, 2.75) is 0 Å². The molecule has 0 unspecified atom stereocenters. The smallest absolute Gasteiger partial charge is 0.183 e. The number of hydrogen-bond acceptors (Lipinski definition) is 2. The first kappa shape index (κ1) is 12.0. The molecule has 1 aromatic carbocycles. The van der Waals surface area contributed by atoms with Gasteiger partial charge in [0.05, 0.1) is 5.02 Å². The molecular formula is C11H13ClFNO. The highest BCUT2D eigenvalue weighted by Gasteiger charge is 2.06. The maximum atomic E-state index is 13.3. The van der Waals surface area contributed by atoms with E-state index in [0.29, 0.717) is 19.7 Å². The van der Waals surface area contributed by atoms with Crippen molar-refractivity contribution < 1.29 is 9.13 Å². The summed E-state index contributed by atoms with van der Waals surface area (Å²) in [5.41, 5.74) is 0. The van der Waals surface area contributed by atoms with E-state index in [9.17, 15) is 4.39 Å². The summed E-state index contributed by atoms with van der Waals surface area (Å²) in [6, 6.07) is 4.69. The molecule has 0 aliphatic heterocycles. The molecule has 1 rings (SSSR count). The molecular weight excluding hydrogens is 217 g/mol. The van der Waals surface area contributed by atoms with Crippen molar-refractivity contribution in [1.29, 1.82) is 0 Å². The van der Waals surface area contributed by atoms with Crippen molar-refractivity contribution in [2.75, 3.05) is 19.7 Å². The molecule has 0 radical (unpaired) electrons. The van der Waals surface area contributed by atoms with E-state index in [1.165, 1.54) is 6.07 Å². The van der Waals surface area contributed by atoms with Crippen molar-refractivity contribution >= 4 is 11.6 Å². The van der Waals surface area contributed by atoms with Crippen LogP contribution in [-0.2, 0) is 0 Å². The Kier molecular flexibility index (Phi) is 5.15. The molecule has 82 valence electrons. The van der Waals surface area contributed by atoms with E-state index in [1.807, 2.05) is 0 Å². The molecule has 0 bridgehead atoms. The van der Waals surface area contributed by atoms with Crippen LogP contribution in [0.1, 0.15) is 0 Å². The van der Waals surface area contributed by atoms with Gasteiger partial charge < -0.3 is 10.1 Å². The van der Waals surface area contributed by atoms with Crippen LogP contribution in [0.3, 0.4) is 0 Å². The third kappa shape index (κ3) is 3.90. The maximum absolute atomic E-state index is 13.3. The number of ether oxygens (including phenoxy) is 1. The van der Waals surface area contributed by atoms with Crippen LogP contribution < -0.4 is 10.1 Å². The van der Waals surface area contributed by atoms with Gasteiger partial charge in [0.25, 0.3) is 0 Å². The minimum absolute atomic E-state index is 0.0755. The average Bonchev–Trinajstić information content (AvgIpc) is 2.24. The van der Waals surface area contributed by atoms with E-state index in [2.05, 4.69) is 11.9 Å². The lowest BCUT2D eigenvalue weighted by Gasteiger charge is -2.07. The molecule has 0 fully saturated rings. The van der Waals surface area contributed by atoms with Gasteiger partial charge in [-0.05, 0) is 12.1 Å². The van der Waals surface area contributed by atoms with E-state index < -0.39 is 5.82 Å². The van der Waals surface area contributed by atoms with Gasteiger partial charge in [0.2, 0.25) is 0 Å². The molecule has 0 amide bonds. The fourth-order valence-corrected chi connectivity index (χ4v) is 1.20. The van der Waals surface area contributed by atoms with Crippen LogP contribution in [0, 0.1) is 5.82 Å². The van der Waals surface area contributed by atoms with Crippen LogP contribution in [0.15, 0.2) is 30.9 Å². The van der Waals surface area contributed by atoms with E-state index in [1.54, 1.807) is 18.2 Å². The first-order valence-corrected chi connectivity index (χ1v) is 5.02. The van der Waals surface area contributed by atoms with Crippen LogP contribution in [0.2, 0.25) is 5.02 Å². The molecule has 0 aliphatic rings. The molecule has 0 aliphatic carbocycles. The van der Waals surface area contributed by atoms with Gasteiger partial charge in [-0.25, -0.2) is 4.39 Å². The van der Waals surface area contributed by atoms with Gasteiger partial charge >= 0.3 is 0 Å². The van der Waals surface area contributed by atoms with Crippen molar-refractivity contribution in [1.82, 2.24) is 5.32 Å². The fourth-order valence-electron chi connectivity index (χ4n) is 1.03. The predicted molar refractivity (Wildman–Crippen MR) is 60.0 cm³/mol. The van der Waals surface area contributed by atoms with Crippen molar-refractivity contribution in [3.8, 4) is 5.75 Å². The van der Waals surface area contributed by atoms with Crippen molar-refractivity contribution in [3.63, 3.8) is 0 Å². The summed E-state index contributed by atoms with van der Waals surface area (Å²) in [7, 11) is 0. The highest BCUT2D eigenvalue weighted by molar-refractivity contribution is 6.30. The lowest BCUT2D eigenvalue weighted by Crippen LogP contribution is -2.21. The van der Waals surface area contributed by atoms with Crippen LogP contribution in [0.25, 0.3) is 0 Å². The standard InChI is InChI=1S/C11H13ClFNO/c1-2-6-14-7-8-15-10-5-3-4-9(12)11(10)13/h2-5,14H,1,6-8H2. The second-order valence-electron chi connectivity index (χ2n) is 2.89. The first-order valence-electron chi connectivity index (χ1n) is 4.64. The molecule has 0 spiro atoms. The van der Waals surface area contributed by atoms with Crippen molar-refractivity contribution in [3.05, 3.63) is 41.7 Å². The Morgan fingerprint density at radius 1 is 1.53 bits per heavy atom. The molecule has 0 saturated heterocycles. The van der Waals surface area contributed by atoms with Gasteiger partial charge in [-0.2, -0.15) is 0 Å². The van der Waals surface area contributed by atoms with Gasteiger partial charge in [0.15, 0.2) is 11.6 Å². The number of rotatable bonds is 6. The minimum Gasteiger partial charge on any atom is -0.489 e. The Bertz CT molecular complexity index is 330. The minimum atomic E-state index is -0.511. The lowest BCUT2D eigenvalue weighted by molar-refractivity contribution is 0.301. The van der Waals surface area contributed by atoms with Crippen LogP contribution in [0.4, 0.5) is 4.39 Å². The monoisotopic (exact) mass is 229 g/mol. The van der Waals surface area contributed by atoms with Gasteiger partial charge in [0, 0.05) is 13.1 Å². The lowest BCUT2D eigenvalue weighted by atomic mass is 10.3. The topological polar surface area (TPSA) is 21.3 Å². The normalized spacial score (nSPS) is 10.0. The highest BCUT2D eigenvalue weighted by Crippen LogP contribution is 2.23. The van der Waals surface area contributed by atoms with Gasteiger partial charge in [0.1, 0.15) is 6.61 Å². The Hall–Kier alpha value is -1.06. The molecule has 1 aromatic rings. The van der Waals surface area contributed by atoms with Gasteiger partial charge in [-0.1, -0.05) is 23.7 Å². The molecule has 2 nitrogen and oxygen atoms in total. The second-order valence-corrected chi connectivity index (χ2v) is 3.30. The summed E-state index contributed by atoms with van der Waals surface area (Å²) in [5, 5.41) is 3.12. The molecule has 0 saturated carbocycles. The summed E-state index contributed by atoms with van der Waals surface area (Å²) < 4.78 is 18.5. The average molecular weight is 230 g/mol. The van der Waals surface area contributed by atoms with Crippen LogP contribution in [0.5, 0.6) is 5.75 Å². The third-order valence-corrected chi connectivity index (χ3v) is 2.03. The molecule has 15 heavy (non-hydrogen) atoms. The van der Waals surface area contributed by atoms with Gasteiger partial charge in [-0.3, -0.25) is 0 Å². The Balaban J connectivity index is 2.37. The largest absolute Gasteiger partial charge is 0.489 e. The number of hydrogen-bond donors (Lipinski definition) is 1. The van der Waals surface area contributed by atoms with E-state index in [4.69, 9.17) is 16.3 Å². The number of benzene rings is 1. The molecule has 1 N–H and O–H groups in total. The summed E-state index contributed by atoms with van der Waals surface area (Å²) in [4.78, 5) is 0. The summed E-state index contributed by atoms with van der Waals surface area (Å²) in [6.45, 7) is 5.30. The predicted octanol–water partition coefficient (Wildman–Crippen LogP) is 2.63. The molecule has 0 atom stereocenters. The van der Waals surface area contributed by atoms with Crippen LogP contribution in [-0.4, -0.2) is 19.7 Å². The number of halogens is 2. The second kappa shape index (κ2) is 6.43. The Morgan fingerprint density at radius 2 is 2.33 bits per heavy atom. The summed E-state index contributed by atoms with van der Waals surface area (Å²) in [5.74, 6) is -0.328. The highest BCUT2D eigenvalue weighted by atomic mass is 35.5. The van der Waals surface area contributed by atoms with Gasteiger partial charge in [-0.15, -0.1) is 6.58 Å². The quantitative estimate of drug-likeness (QED) is 0.598.